The third kappa shape index (κ3) is 44.2. The van der Waals surface area contributed by atoms with E-state index in [-0.39, 0.29) is 18.9 Å². The zero-order chi connectivity index (χ0) is 41.5. The average molecular weight is 804 g/mol. The first-order valence-electron chi connectivity index (χ1n) is 25.6. The van der Waals surface area contributed by atoms with Crippen LogP contribution in [0.4, 0.5) is 0 Å². The van der Waals surface area contributed by atoms with Gasteiger partial charge in [0.05, 0.1) is 31.3 Å². The molecule has 0 heterocycles. The first-order chi connectivity index (χ1) is 28.0. The van der Waals surface area contributed by atoms with E-state index in [0.717, 1.165) is 32.1 Å². The van der Waals surface area contributed by atoms with Gasteiger partial charge in [0.25, 0.3) is 0 Å². The highest BCUT2D eigenvalue weighted by molar-refractivity contribution is 5.76. The summed E-state index contributed by atoms with van der Waals surface area (Å²) in [5.74, 6) is -0.323. The lowest BCUT2D eigenvalue weighted by Crippen LogP contribution is -2.45. The molecule has 0 aromatic heterocycles. The van der Waals surface area contributed by atoms with Crippen LogP contribution < -0.4 is 5.32 Å². The Hall–Kier alpha value is -1.17. The van der Waals surface area contributed by atoms with Crippen LogP contribution in [0.3, 0.4) is 0 Å². The lowest BCUT2D eigenvalue weighted by atomic mass is 10.0. The summed E-state index contributed by atoms with van der Waals surface area (Å²) in [6.07, 6.45) is 59.4. The van der Waals surface area contributed by atoms with Crippen LogP contribution in [-0.2, 0) is 4.79 Å². The van der Waals surface area contributed by atoms with Crippen molar-refractivity contribution in [1.29, 1.82) is 0 Å². The first-order valence-corrected chi connectivity index (χ1v) is 25.6. The summed E-state index contributed by atoms with van der Waals surface area (Å²) in [6.45, 7) is 4.19. The number of unbranched alkanes of at least 4 members (excludes halogenated alkanes) is 36. The second-order valence-electron chi connectivity index (χ2n) is 17.8. The highest BCUT2D eigenvalue weighted by Crippen LogP contribution is 2.17. The van der Waals surface area contributed by atoms with Crippen LogP contribution in [0.2, 0.25) is 0 Å². The van der Waals surface area contributed by atoms with Crippen molar-refractivity contribution in [1.82, 2.24) is 5.32 Å². The van der Waals surface area contributed by atoms with Gasteiger partial charge in [0, 0.05) is 0 Å². The van der Waals surface area contributed by atoms with E-state index in [2.05, 4.69) is 31.3 Å². The fourth-order valence-electron chi connectivity index (χ4n) is 8.06. The van der Waals surface area contributed by atoms with E-state index in [1.807, 2.05) is 6.08 Å². The molecule has 3 atom stereocenters. The maximum absolute atomic E-state index is 12.4. The van der Waals surface area contributed by atoms with E-state index in [1.54, 1.807) is 6.08 Å². The Morgan fingerprint density at radius 1 is 0.439 bits per heavy atom. The van der Waals surface area contributed by atoms with Gasteiger partial charge in [0.1, 0.15) is 0 Å². The number of nitrogens with one attached hydrogen (secondary N) is 1. The Labute approximate surface area is 356 Å². The number of hydrogen-bond donors (Lipinski definition) is 4. The predicted octanol–water partition coefficient (Wildman–Crippen LogP) is 15.3. The van der Waals surface area contributed by atoms with Gasteiger partial charge in [-0.25, -0.2) is 0 Å². The highest BCUT2D eigenvalue weighted by atomic mass is 16.3. The molecule has 0 aromatic carbocycles. The lowest BCUT2D eigenvalue weighted by Gasteiger charge is -2.21. The summed E-state index contributed by atoms with van der Waals surface area (Å²) < 4.78 is 0. The van der Waals surface area contributed by atoms with Crippen molar-refractivity contribution < 1.29 is 20.1 Å². The van der Waals surface area contributed by atoms with Crippen molar-refractivity contribution in [3.8, 4) is 0 Å². The van der Waals surface area contributed by atoms with Gasteiger partial charge in [-0.2, -0.15) is 0 Å². The maximum atomic E-state index is 12.4. The van der Waals surface area contributed by atoms with Gasteiger partial charge >= 0.3 is 0 Å². The number of aliphatic hydroxyl groups is 3. The SMILES string of the molecule is CCCCCCC/C=C/CC/C=C/C(O)C(CO)NC(=O)CC(O)CCCCCCCCCCCCCCCCCCCCCCCCCCCCCCCCC. The van der Waals surface area contributed by atoms with Crippen LogP contribution in [0.1, 0.15) is 277 Å². The van der Waals surface area contributed by atoms with Gasteiger partial charge in [-0.05, 0) is 32.1 Å². The standard InChI is InChI=1S/C52H101NO4/c1-3-5-7-9-11-13-15-16-17-18-19-20-21-22-23-24-25-26-27-28-29-30-31-32-33-34-36-37-39-41-43-45-49(55)47-52(57)53-50(48-54)51(56)46-44-42-40-38-35-14-12-10-8-6-4-2/h35,38,44,46,49-51,54-56H,3-34,36-37,39-43,45,47-48H2,1-2H3,(H,53,57)/b38-35+,46-44+. The quantitative estimate of drug-likeness (QED) is 0.0364. The van der Waals surface area contributed by atoms with Gasteiger partial charge in [0.2, 0.25) is 5.91 Å². The van der Waals surface area contributed by atoms with Crippen LogP contribution in [0.25, 0.3) is 0 Å². The van der Waals surface area contributed by atoms with E-state index in [1.165, 1.54) is 218 Å². The van der Waals surface area contributed by atoms with Crippen molar-refractivity contribution in [3.63, 3.8) is 0 Å². The summed E-state index contributed by atoms with van der Waals surface area (Å²) in [5.41, 5.74) is 0. The minimum Gasteiger partial charge on any atom is -0.394 e. The van der Waals surface area contributed by atoms with Crippen LogP contribution in [-0.4, -0.2) is 46.1 Å². The van der Waals surface area contributed by atoms with Crippen LogP contribution in [0.5, 0.6) is 0 Å². The topological polar surface area (TPSA) is 89.8 Å². The van der Waals surface area contributed by atoms with Crippen molar-refractivity contribution in [2.75, 3.05) is 6.61 Å². The molecule has 0 aliphatic rings. The van der Waals surface area contributed by atoms with Gasteiger partial charge in [-0.1, -0.05) is 263 Å². The molecule has 5 heteroatoms. The number of amides is 1. The zero-order valence-electron chi connectivity index (χ0n) is 38.5. The maximum Gasteiger partial charge on any atom is 0.222 e. The Bertz CT molecular complexity index is 844. The summed E-state index contributed by atoms with van der Waals surface area (Å²) in [6, 6.07) is -0.757. The molecule has 0 rings (SSSR count). The van der Waals surface area contributed by atoms with Crippen LogP contribution in [0, 0.1) is 0 Å². The molecule has 4 N–H and O–H groups in total. The highest BCUT2D eigenvalue weighted by Gasteiger charge is 2.20. The number of hydrogen-bond acceptors (Lipinski definition) is 4. The summed E-state index contributed by atoms with van der Waals surface area (Å²) in [7, 11) is 0. The molecule has 5 nitrogen and oxygen atoms in total. The number of allylic oxidation sites excluding steroid dienone is 3. The average Bonchev–Trinajstić information content (AvgIpc) is 3.20. The van der Waals surface area contributed by atoms with Crippen molar-refractivity contribution in [2.45, 2.75) is 295 Å². The molecule has 0 saturated carbocycles. The van der Waals surface area contributed by atoms with Crippen molar-refractivity contribution in [3.05, 3.63) is 24.3 Å². The van der Waals surface area contributed by atoms with Crippen LogP contribution in [0.15, 0.2) is 24.3 Å². The molecule has 0 spiro atoms. The third-order valence-electron chi connectivity index (χ3n) is 12.0. The van der Waals surface area contributed by atoms with Gasteiger partial charge in [-0.15, -0.1) is 0 Å². The molecule has 338 valence electrons. The number of carbonyl (C=O) groups excluding carboxylic acids is 1. The number of carbonyl (C=O) groups is 1. The van der Waals surface area contributed by atoms with E-state index >= 15 is 0 Å². The molecule has 0 aromatic rings. The second kappa shape index (κ2) is 47.5. The summed E-state index contributed by atoms with van der Waals surface area (Å²) >= 11 is 0. The summed E-state index contributed by atoms with van der Waals surface area (Å²) in [5, 5.41) is 33.2. The minimum atomic E-state index is -0.947. The van der Waals surface area contributed by atoms with E-state index in [4.69, 9.17) is 0 Å². The van der Waals surface area contributed by atoms with E-state index in [9.17, 15) is 20.1 Å². The molecule has 0 aliphatic heterocycles. The largest absolute Gasteiger partial charge is 0.394 e. The van der Waals surface area contributed by atoms with Gasteiger partial charge in [-0.3, -0.25) is 4.79 Å². The molecule has 0 radical (unpaired) electrons. The van der Waals surface area contributed by atoms with Crippen molar-refractivity contribution in [2.24, 2.45) is 0 Å². The normalized spacial score (nSPS) is 13.6. The molecule has 57 heavy (non-hydrogen) atoms. The molecule has 0 aliphatic carbocycles. The van der Waals surface area contributed by atoms with Crippen LogP contribution >= 0.6 is 0 Å². The Morgan fingerprint density at radius 2 is 0.754 bits per heavy atom. The van der Waals surface area contributed by atoms with E-state index < -0.39 is 18.2 Å². The number of rotatable bonds is 47. The monoisotopic (exact) mass is 804 g/mol. The lowest BCUT2D eigenvalue weighted by molar-refractivity contribution is -0.124. The molecule has 3 unspecified atom stereocenters. The minimum absolute atomic E-state index is 0.00968. The molecule has 0 fully saturated rings. The molecule has 0 bridgehead atoms. The first kappa shape index (κ1) is 55.8. The third-order valence-corrected chi connectivity index (χ3v) is 12.0. The molecule has 1 amide bonds. The number of aliphatic hydroxyl groups excluding tert-OH is 3. The molecule has 0 saturated heterocycles. The smallest absolute Gasteiger partial charge is 0.222 e. The fourth-order valence-corrected chi connectivity index (χ4v) is 8.06. The fraction of sp³-hybridized carbons (Fsp3) is 0.904. The second-order valence-corrected chi connectivity index (χ2v) is 17.8. The van der Waals surface area contributed by atoms with Gasteiger partial charge in [0.15, 0.2) is 0 Å². The predicted molar refractivity (Wildman–Crippen MR) is 250 cm³/mol. The Balaban J connectivity index is 3.47. The zero-order valence-corrected chi connectivity index (χ0v) is 38.5. The molecular formula is C52H101NO4. The van der Waals surface area contributed by atoms with E-state index in [0.29, 0.717) is 6.42 Å². The molecular weight excluding hydrogens is 703 g/mol. The Kier molecular flexibility index (Phi) is 46.5. The summed E-state index contributed by atoms with van der Waals surface area (Å²) in [4.78, 5) is 12.4. The van der Waals surface area contributed by atoms with Crippen molar-refractivity contribution >= 4 is 5.91 Å². The Morgan fingerprint density at radius 3 is 1.12 bits per heavy atom. The van der Waals surface area contributed by atoms with Gasteiger partial charge < -0.3 is 20.6 Å².